The summed E-state index contributed by atoms with van der Waals surface area (Å²) in [6.45, 7) is 0.0446. The standard InChI is InChI=1S/C25H24F2N2O5/c26-25(27)20(22(25)23(32)29-11-14(12-29)9-21(30)31)10-28-24(33)34-13-19-17-7-3-1-5-15(17)16-6-2-4-8-18(16)19/h1-8,14,19-20,22H,9-13H2,(H,28,33)(H,30,31)/t20-,22-/m0/s1. The second kappa shape index (κ2) is 8.38. The molecule has 1 saturated carbocycles. The topological polar surface area (TPSA) is 95.9 Å². The molecule has 0 bridgehead atoms. The average molecular weight is 470 g/mol. The highest BCUT2D eigenvalue weighted by atomic mass is 19.3. The Morgan fingerprint density at radius 2 is 1.62 bits per heavy atom. The predicted octanol–water partition coefficient (Wildman–Crippen LogP) is 3.34. The van der Waals surface area contributed by atoms with Crippen LogP contribution in [0, 0.1) is 17.8 Å². The number of hydrogen-bond acceptors (Lipinski definition) is 4. The average Bonchev–Trinajstić information content (AvgIpc) is 3.19. The number of fused-ring (bicyclic) bond motifs is 3. The summed E-state index contributed by atoms with van der Waals surface area (Å²) in [6.07, 6.45) is -0.890. The molecule has 2 atom stereocenters. The molecule has 34 heavy (non-hydrogen) atoms. The van der Waals surface area contributed by atoms with E-state index in [4.69, 9.17) is 9.84 Å². The van der Waals surface area contributed by atoms with Crippen molar-refractivity contribution in [2.75, 3.05) is 26.2 Å². The number of amides is 2. The number of alkyl halides is 2. The normalized spacial score (nSPS) is 22.4. The minimum absolute atomic E-state index is 0.0715. The molecule has 1 aliphatic heterocycles. The van der Waals surface area contributed by atoms with Gasteiger partial charge in [0.1, 0.15) is 12.5 Å². The van der Waals surface area contributed by atoms with Crippen molar-refractivity contribution in [3.05, 3.63) is 59.7 Å². The molecule has 7 nitrogen and oxygen atoms in total. The molecule has 9 heteroatoms. The highest BCUT2D eigenvalue weighted by Crippen LogP contribution is 2.56. The largest absolute Gasteiger partial charge is 0.481 e. The molecule has 1 saturated heterocycles. The van der Waals surface area contributed by atoms with Gasteiger partial charge in [-0.3, -0.25) is 9.59 Å². The molecule has 2 N–H and O–H groups in total. The van der Waals surface area contributed by atoms with Crippen LogP contribution in [0.15, 0.2) is 48.5 Å². The summed E-state index contributed by atoms with van der Waals surface area (Å²) in [7, 11) is 0. The molecule has 0 radical (unpaired) electrons. The van der Waals surface area contributed by atoms with Crippen LogP contribution in [0.25, 0.3) is 11.1 Å². The van der Waals surface area contributed by atoms with Crippen molar-refractivity contribution in [1.82, 2.24) is 10.2 Å². The van der Waals surface area contributed by atoms with Crippen molar-refractivity contribution in [1.29, 1.82) is 0 Å². The van der Waals surface area contributed by atoms with E-state index in [2.05, 4.69) is 5.32 Å². The van der Waals surface area contributed by atoms with Gasteiger partial charge in [0.25, 0.3) is 5.92 Å². The van der Waals surface area contributed by atoms with Crippen molar-refractivity contribution < 1.29 is 33.0 Å². The molecule has 2 fully saturated rings. The Bertz CT molecular complexity index is 1100. The summed E-state index contributed by atoms with van der Waals surface area (Å²) in [5, 5.41) is 11.2. The Labute approximate surface area is 194 Å². The van der Waals surface area contributed by atoms with E-state index in [9.17, 15) is 23.2 Å². The summed E-state index contributed by atoms with van der Waals surface area (Å²) >= 11 is 0. The molecular weight excluding hydrogens is 446 g/mol. The van der Waals surface area contributed by atoms with E-state index in [0.717, 1.165) is 22.3 Å². The molecule has 0 spiro atoms. The zero-order valence-electron chi connectivity index (χ0n) is 18.2. The van der Waals surface area contributed by atoms with Gasteiger partial charge in [0.2, 0.25) is 5.91 Å². The number of alkyl carbamates (subject to hydrolysis) is 1. The predicted molar refractivity (Wildman–Crippen MR) is 117 cm³/mol. The van der Waals surface area contributed by atoms with Crippen LogP contribution in [0.3, 0.4) is 0 Å². The first-order valence-electron chi connectivity index (χ1n) is 11.2. The smallest absolute Gasteiger partial charge is 0.407 e. The van der Waals surface area contributed by atoms with E-state index in [1.54, 1.807) is 0 Å². The van der Waals surface area contributed by atoms with Crippen molar-refractivity contribution in [3.63, 3.8) is 0 Å². The van der Waals surface area contributed by atoms with Gasteiger partial charge in [0.05, 0.1) is 12.3 Å². The van der Waals surface area contributed by atoms with Crippen LogP contribution in [0.5, 0.6) is 0 Å². The Morgan fingerprint density at radius 3 is 2.21 bits per heavy atom. The van der Waals surface area contributed by atoms with E-state index >= 15 is 0 Å². The monoisotopic (exact) mass is 470 g/mol. The molecule has 5 rings (SSSR count). The number of rotatable bonds is 7. The number of benzene rings is 2. The number of nitrogens with zero attached hydrogens (tertiary/aromatic N) is 1. The zero-order valence-corrected chi connectivity index (χ0v) is 18.2. The molecule has 1 heterocycles. The van der Waals surface area contributed by atoms with Crippen molar-refractivity contribution in [2.45, 2.75) is 18.3 Å². The lowest BCUT2D eigenvalue weighted by Crippen LogP contribution is -2.51. The third kappa shape index (κ3) is 3.89. The van der Waals surface area contributed by atoms with Crippen molar-refractivity contribution >= 4 is 18.0 Å². The molecule has 2 amide bonds. The summed E-state index contributed by atoms with van der Waals surface area (Å²) in [5.41, 5.74) is 4.27. The Hall–Kier alpha value is -3.49. The lowest BCUT2D eigenvalue weighted by Gasteiger charge is -2.38. The third-order valence-electron chi connectivity index (χ3n) is 7.01. The minimum atomic E-state index is -3.20. The molecular formula is C25H24F2N2O5. The van der Waals surface area contributed by atoms with Crippen LogP contribution in [0.2, 0.25) is 0 Å². The van der Waals surface area contributed by atoms with Crippen LogP contribution < -0.4 is 5.32 Å². The summed E-state index contributed by atoms with van der Waals surface area (Å²) in [6, 6.07) is 15.7. The number of ether oxygens (including phenoxy) is 1. The van der Waals surface area contributed by atoms with Crippen LogP contribution >= 0.6 is 0 Å². The number of hydrogen-bond donors (Lipinski definition) is 2. The Balaban J connectivity index is 1.13. The second-order valence-corrected chi connectivity index (χ2v) is 9.17. The first-order chi connectivity index (χ1) is 16.3. The summed E-state index contributed by atoms with van der Waals surface area (Å²) in [5.74, 6) is -7.99. The number of aliphatic carboxylic acids is 1. The number of carboxylic acid groups (broad SMARTS) is 1. The van der Waals surface area contributed by atoms with Gasteiger partial charge in [-0.05, 0) is 22.3 Å². The molecule has 2 aromatic rings. The van der Waals surface area contributed by atoms with Crippen LogP contribution in [0.1, 0.15) is 23.5 Å². The number of halogens is 2. The first kappa shape index (κ1) is 22.3. The van der Waals surface area contributed by atoms with Gasteiger partial charge in [-0.1, -0.05) is 48.5 Å². The maximum Gasteiger partial charge on any atom is 0.407 e. The number of nitrogens with one attached hydrogen (secondary N) is 1. The lowest BCUT2D eigenvalue weighted by molar-refractivity contribution is -0.147. The fourth-order valence-corrected chi connectivity index (χ4v) is 5.15. The summed E-state index contributed by atoms with van der Waals surface area (Å²) in [4.78, 5) is 36.6. The van der Waals surface area contributed by atoms with E-state index in [1.807, 2.05) is 48.5 Å². The van der Waals surface area contributed by atoms with Gasteiger partial charge < -0.3 is 20.1 Å². The molecule has 2 aromatic carbocycles. The second-order valence-electron chi connectivity index (χ2n) is 9.17. The number of likely N-dealkylation sites (tertiary alicyclic amines) is 1. The SMILES string of the molecule is O=C(O)CC1CN(C(=O)[C@@H]2[C@H](CNC(=O)OCC3c4ccccc4-c4ccccc43)C2(F)F)C1. The highest BCUT2D eigenvalue weighted by Gasteiger charge is 2.72. The zero-order chi connectivity index (χ0) is 24.0. The van der Waals surface area contributed by atoms with Crippen molar-refractivity contribution in [2.24, 2.45) is 17.8 Å². The molecule has 3 aliphatic rings. The first-order valence-corrected chi connectivity index (χ1v) is 11.2. The maximum atomic E-state index is 14.2. The molecule has 0 unspecified atom stereocenters. The Morgan fingerprint density at radius 1 is 1.03 bits per heavy atom. The number of carbonyl (C=O) groups excluding carboxylic acids is 2. The van der Waals surface area contributed by atoms with Gasteiger partial charge in [-0.2, -0.15) is 0 Å². The maximum absolute atomic E-state index is 14.2. The molecule has 2 aliphatic carbocycles. The van der Waals surface area contributed by atoms with Gasteiger partial charge in [-0.25, -0.2) is 13.6 Å². The third-order valence-corrected chi connectivity index (χ3v) is 7.01. The minimum Gasteiger partial charge on any atom is -0.481 e. The Kier molecular flexibility index (Phi) is 5.50. The fourth-order valence-electron chi connectivity index (χ4n) is 5.15. The van der Waals surface area contributed by atoms with Crippen LogP contribution in [0.4, 0.5) is 13.6 Å². The van der Waals surface area contributed by atoms with Crippen molar-refractivity contribution in [3.8, 4) is 11.1 Å². The van der Waals surface area contributed by atoms with E-state index in [0.29, 0.717) is 0 Å². The number of carbonyl (C=O) groups is 3. The quantitative estimate of drug-likeness (QED) is 0.647. The van der Waals surface area contributed by atoms with Gasteiger partial charge in [0, 0.05) is 31.5 Å². The van der Waals surface area contributed by atoms with Gasteiger partial charge in [-0.15, -0.1) is 0 Å². The van der Waals surface area contributed by atoms with Gasteiger partial charge >= 0.3 is 12.1 Å². The van der Waals surface area contributed by atoms with Crippen LogP contribution in [-0.2, 0) is 14.3 Å². The number of carboxylic acids is 1. The molecule has 178 valence electrons. The molecule has 0 aromatic heterocycles. The van der Waals surface area contributed by atoms with Crippen LogP contribution in [-0.4, -0.2) is 60.1 Å². The lowest BCUT2D eigenvalue weighted by atomic mass is 9.96. The van der Waals surface area contributed by atoms with Gasteiger partial charge in [0.15, 0.2) is 0 Å². The van der Waals surface area contributed by atoms with E-state index in [-0.39, 0.29) is 44.5 Å². The van der Waals surface area contributed by atoms with E-state index < -0.39 is 35.7 Å². The summed E-state index contributed by atoms with van der Waals surface area (Å²) < 4.78 is 33.8. The van der Waals surface area contributed by atoms with E-state index in [1.165, 1.54) is 4.90 Å². The highest BCUT2D eigenvalue weighted by molar-refractivity contribution is 5.85. The fraction of sp³-hybridized carbons (Fsp3) is 0.400.